The molecule has 1 saturated heterocycles. The molecule has 0 unspecified atom stereocenters. The Labute approximate surface area is 139 Å². The molecule has 140 valence electrons. The fourth-order valence-electron chi connectivity index (χ4n) is 2.70. The number of halogens is 6. The van der Waals surface area contributed by atoms with E-state index in [4.69, 9.17) is 4.74 Å². The first-order chi connectivity index (χ1) is 11.4. The minimum absolute atomic E-state index is 0.170. The van der Waals surface area contributed by atoms with Gasteiger partial charge in [-0.3, -0.25) is 0 Å². The lowest BCUT2D eigenvalue weighted by atomic mass is 9.85. The third kappa shape index (κ3) is 3.52. The van der Waals surface area contributed by atoms with Crippen molar-refractivity contribution in [3.05, 3.63) is 23.9 Å². The molecule has 0 radical (unpaired) electrons. The fraction of sp³-hybridized carbons (Fsp3) is 0.600. The van der Waals surface area contributed by atoms with Crippen molar-refractivity contribution in [3.8, 4) is 0 Å². The van der Waals surface area contributed by atoms with Gasteiger partial charge in [0.15, 0.2) is 5.41 Å². The molecule has 0 saturated carbocycles. The summed E-state index contributed by atoms with van der Waals surface area (Å²) >= 11 is 0. The fourth-order valence-corrected chi connectivity index (χ4v) is 2.70. The summed E-state index contributed by atoms with van der Waals surface area (Å²) in [5, 5.41) is 0. The third-order valence-corrected chi connectivity index (χ3v) is 4.00. The SMILES string of the molecule is CC(C)OC(=O)c1cccnc1N1CCC(C(F)(F)F)(C(F)(F)F)C1. The van der Waals surface area contributed by atoms with E-state index in [2.05, 4.69) is 4.98 Å². The zero-order chi connectivity index (χ0) is 19.0. The monoisotopic (exact) mass is 370 g/mol. The molecule has 1 aromatic heterocycles. The average Bonchev–Trinajstić information content (AvgIpc) is 2.92. The van der Waals surface area contributed by atoms with Crippen LogP contribution < -0.4 is 4.90 Å². The van der Waals surface area contributed by atoms with E-state index in [9.17, 15) is 31.1 Å². The Morgan fingerprint density at radius 1 is 1.24 bits per heavy atom. The van der Waals surface area contributed by atoms with Crippen LogP contribution in [0.15, 0.2) is 18.3 Å². The van der Waals surface area contributed by atoms with E-state index >= 15 is 0 Å². The van der Waals surface area contributed by atoms with E-state index < -0.39 is 49.4 Å². The van der Waals surface area contributed by atoms with Crippen molar-refractivity contribution in [1.29, 1.82) is 0 Å². The molecule has 2 heterocycles. The van der Waals surface area contributed by atoms with Crippen molar-refractivity contribution >= 4 is 11.8 Å². The van der Waals surface area contributed by atoms with Crippen molar-refractivity contribution in [3.63, 3.8) is 0 Å². The average molecular weight is 370 g/mol. The first-order valence-electron chi connectivity index (χ1n) is 7.43. The molecular formula is C15H16F6N2O2. The zero-order valence-corrected chi connectivity index (χ0v) is 13.4. The maximum atomic E-state index is 13.2. The molecule has 0 N–H and O–H groups in total. The number of esters is 1. The molecular weight excluding hydrogens is 354 g/mol. The van der Waals surface area contributed by atoms with Crippen molar-refractivity contribution in [1.82, 2.24) is 4.98 Å². The summed E-state index contributed by atoms with van der Waals surface area (Å²) in [6, 6.07) is 2.62. The van der Waals surface area contributed by atoms with Crippen molar-refractivity contribution < 1.29 is 35.9 Å². The van der Waals surface area contributed by atoms with E-state index in [1.807, 2.05) is 0 Å². The van der Waals surface area contributed by atoms with E-state index in [0.29, 0.717) is 0 Å². The van der Waals surface area contributed by atoms with Gasteiger partial charge in [0.25, 0.3) is 0 Å². The molecule has 1 fully saturated rings. The first-order valence-corrected chi connectivity index (χ1v) is 7.43. The Morgan fingerprint density at radius 3 is 2.32 bits per heavy atom. The van der Waals surface area contributed by atoms with Gasteiger partial charge in [0.2, 0.25) is 0 Å². The lowest BCUT2D eigenvalue weighted by Gasteiger charge is -2.33. The van der Waals surface area contributed by atoms with Gasteiger partial charge in [-0.25, -0.2) is 9.78 Å². The van der Waals surface area contributed by atoms with Crippen LogP contribution >= 0.6 is 0 Å². The van der Waals surface area contributed by atoms with Gasteiger partial charge in [-0.15, -0.1) is 0 Å². The van der Waals surface area contributed by atoms with Crippen LogP contribution in [0.5, 0.6) is 0 Å². The van der Waals surface area contributed by atoms with Crippen LogP contribution in [-0.2, 0) is 4.74 Å². The summed E-state index contributed by atoms with van der Waals surface area (Å²) < 4.78 is 84.0. The predicted octanol–water partition coefficient (Wildman–Crippen LogP) is 3.97. The van der Waals surface area contributed by atoms with Gasteiger partial charge in [-0.2, -0.15) is 26.3 Å². The molecule has 0 aliphatic carbocycles. The Kier molecular flexibility index (Phi) is 4.93. The number of nitrogens with zero attached hydrogens (tertiary/aromatic N) is 2. The number of hydrogen-bond acceptors (Lipinski definition) is 4. The van der Waals surface area contributed by atoms with Gasteiger partial charge in [0, 0.05) is 19.3 Å². The Balaban J connectivity index is 2.38. The summed E-state index contributed by atoms with van der Waals surface area (Å²) in [5.41, 5.74) is -4.02. The minimum atomic E-state index is -5.46. The molecule has 0 amide bonds. The van der Waals surface area contributed by atoms with E-state index in [-0.39, 0.29) is 11.4 Å². The van der Waals surface area contributed by atoms with Crippen LogP contribution in [0.25, 0.3) is 0 Å². The summed E-state index contributed by atoms with van der Waals surface area (Å²) in [6.07, 6.45) is -11.4. The van der Waals surface area contributed by atoms with Crippen LogP contribution in [0.3, 0.4) is 0 Å². The van der Waals surface area contributed by atoms with E-state index in [1.54, 1.807) is 13.8 Å². The molecule has 1 aliphatic rings. The van der Waals surface area contributed by atoms with Gasteiger partial charge in [0.1, 0.15) is 11.4 Å². The molecule has 0 aromatic carbocycles. The van der Waals surface area contributed by atoms with Gasteiger partial charge in [0.05, 0.1) is 6.10 Å². The second kappa shape index (κ2) is 6.38. The van der Waals surface area contributed by atoms with Crippen LogP contribution in [0, 0.1) is 5.41 Å². The molecule has 0 atom stereocenters. The van der Waals surface area contributed by atoms with Crippen molar-refractivity contribution in [2.45, 2.75) is 38.7 Å². The number of alkyl halides is 6. The number of carbonyl (C=O) groups excluding carboxylic acids is 1. The van der Waals surface area contributed by atoms with Crippen molar-refractivity contribution in [2.75, 3.05) is 18.0 Å². The second-order valence-electron chi connectivity index (χ2n) is 6.08. The highest BCUT2D eigenvalue weighted by atomic mass is 19.4. The molecule has 2 rings (SSSR count). The quantitative estimate of drug-likeness (QED) is 0.597. The molecule has 1 aliphatic heterocycles. The Bertz CT molecular complexity index is 628. The number of aromatic nitrogens is 1. The summed E-state index contributed by atoms with van der Waals surface area (Å²) in [6.45, 7) is 1.27. The highest BCUT2D eigenvalue weighted by Gasteiger charge is 2.72. The molecule has 1 aromatic rings. The van der Waals surface area contributed by atoms with Gasteiger partial charge < -0.3 is 9.64 Å². The van der Waals surface area contributed by atoms with Crippen LogP contribution in [0.1, 0.15) is 30.6 Å². The lowest BCUT2D eigenvalue weighted by molar-refractivity contribution is -0.332. The number of pyridine rings is 1. The largest absolute Gasteiger partial charge is 0.459 e. The van der Waals surface area contributed by atoms with Crippen LogP contribution in [0.4, 0.5) is 32.2 Å². The maximum Gasteiger partial charge on any atom is 0.404 e. The van der Waals surface area contributed by atoms with Crippen molar-refractivity contribution in [2.24, 2.45) is 5.41 Å². The molecule has 0 spiro atoms. The van der Waals surface area contributed by atoms with Gasteiger partial charge >= 0.3 is 18.3 Å². The predicted molar refractivity (Wildman–Crippen MR) is 76.2 cm³/mol. The molecule has 10 heteroatoms. The van der Waals surface area contributed by atoms with Gasteiger partial charge in [-0.1, -0.05) is 0 Å². The number of anilines is 1. The molecule has 4 nitrogen and oxygen atoms in total. The van der Waals surface area contributed by atoms with Gasteiger partial charge in [-0.05, 0) is 32.4 Å². The summed E-state index contributed by atoms with van der Waals surface area (Å²) in [5.74, 6) is -1.10. The molecule has 0 bridgehead atoms. The minimum Gasteiger partial charge on any atom is -0.459 e. The highest BCUT2D eigenvalue weighted by molar-refractivity contribution is 5.95. The molecule has 25 heavy (non-hydrogen) atoms. The highest BCUT2D eigenvalue weighted by Crippen LogP contribution is 2.56. The normalized spacial score (nSPS) is 17.9. The Hall–Kier alpha value is -2.00. The zero-order valence-electron chi connectivity index (χ0n) is 13.4. The smallest absolute Gasteiger partial charge is 0.404 e. The number of hydrogen-bond donors (Lipinski definition) is 0. The third-order valence-electron chi connectivity index (χ3n) is 4.00. The lowest BCUT2D eigenvalue weighted by Crippen LogP contribution is -2.51. The number of ether oxygens (including phenoxy) is 1. The maximum absolute atomic E-state index is 13.2. The van der Waals surface area contributed by atoms with Crippen LogP contribution in [0.2, 0.25) is 0 Å². The number of carbonyl (C=O) groups is 1. The first kappa shape index (κ1) is 19.3. The summed E-state index contributed by atoms with van der Waals surface area (Å²) in [4.78, 5) is 16.7. The van der Waals surface area contributed by atoms with E-state index in [1.165, 1.54) is 18.3 Å². The van der Waals surface area contributed by atoms with Crippen LogP contribution in [-0.4, -0.2) is 42.5 Å². The summed E-state index contributed by atoms with van der Waals surface area (Å²) in [7, 11) is 0. The topological polar surface area (TPSA) is 42.4 Å². The number of rotatable bonds is 3. The Morgan fingerprint density at radius 2 is 1.84 bits per heavy atom. The standard InChI is InChI=1S/C15H16F6N2O2/c1-9(2)25-12(24)10-4-3-6-22-11(10)23-7-5-13(8-23,14(16,17)18)15(19,20)21/h3-4,6,9H,5,7-8H2,1-2H3. The van der Waals surface area contributed by atoms with E-state index in [0.717, 1.165) is 4.90 Å². The second-order valence-corrected chi connectivity index (χ2v) is 6.08.